The first kappa shape index (κ1) is 24.8. The summed E-state index contributed by atoms with van der Waals surface area (Å²) >= 11 is 0. The predicted octanol–water partition coefficient (Wildman–Crippen LogP) is 5.87. The molecule has 0 unspecified atom stereocenters. The number of ether oxygens (including phenoxy) is 1. The first-order valence-corrected chi connectivity index (χ1v) is 12.7. The molecule has 3 heterocycles. The Morgan fingerprint density at radius 3 is 2.49 bits per heavy atom. The molecule has 1 aliphatic heterocycles. The topological polar surface area (TPSA) is 58.8 Å². The number of rotatable bonds is 6. The maximum absolute atomic E-state index is 13.2. The Morgan fingerprint density at radius 2 is 1.78 bits per heavy atom. The maximum atomic E-state index is 13.2. The molecular formula is C31H33N3O3. The van der Waals surface area contributed by atoms with E-state index in [2.05, 4.69) is 48.0 Å². The molecule has 6 nitrogen and oxygen atoms in total. The minimum absolute atomic E-state index is 0.0324. The number of furan rings is 1. The van der Waals surface area contributed by atoms with Crippen molar-refractivity contribution in [1.82, 2.24) is 14.8 Å². The number of nitrogens with zero attached hydrogens (tertiary/aromatic N) is 3. The predicted molar refractivity (Wildman–Crippen MR) is 147 cm³/mol. The number of amides is 1. The second-order valence-corrected chi connectivity index (χ2v) is 9.80. The van der Waals surface area contributed by atoms with Gasteiger partial charge in [-0.15, -0.1) is 0 Å². The Kier molecular flexibility index (Phi) is 7.10. The van der Waals surface area contributed by atoms with Crippen molar-refractivity contribution in [3.05, 3.63) is 89.5 Å². The van der Waals surface area contributed by atoms with Gasteiger partial charge < -0.3 is 14.1 Å². The van der Waals surface area contributed by atoms with Crippen LogP contribution in [0.3, 0.4) is 0 Å². The number of carbonyl (C=O) groups excluding carboxylic acids is 1. The smallest absolute Gasteiger partial charge is 0.246 e. The number of carbonyl (C=O) groups is 1. The number of aromatic nitrogens is 1. The molecule has 37 heavy (non-hydrogen) atoms. The Hall–Kier alpha value is -3.90. The lowest BCUT2D eigenvalue weighted by molar-refractivity contribution is -0.127. The summed E-state index contributed by atoms with van der Waals surface area (Å²) in [5.74, 6) is 0.725. The summed E-state index contributed by atoms with van der Waals surface area (Å²) in [4.78, 5) is 21.6. The van der Waals surface area contributed by atoms with Crippen molar-refractivity contribution in [2.75, 3.05) is 33.3 Å². The highest BCUT2D eigenvalue weighted by Crippen LogP contribution is 2.38. The van der Waals surface area contributed by atoms with E-state index in [1.165, 1.54) is 16.7 Å². The van der Waals surface area contributed by atoms with E-state index >= 15 is 0 Å². The molecule has 5 rings (SSSR count). The van der Waals surface area contributed by atoms with Gasteiger partial charge in [0.1, 0.15) is 11.3 Å². The number of allylic oxidation sites excluding steroid dienone is 1. The van der Waals surface area contributed by atoms with Crippen molar-refractivity contribution >= 4 is 22.4 Å². The third-order valence-corrected chi connectivity index (χ3v) is 7.17. The van der Waals surface area contributed by atoms with Crippen LogP contribution >= 0.6 is 0 Å². The van der Waals surface area contributed by atoms with E-state index in [9.17, 15) is 4.79 Å². The number of hydrogen-bond acceptors (Lipinski definition) is 5. The van der Waals surface area contributed by atoms with Crippen LogP contribution in [0.25, 0.3) is 27.7 Å². The van der Waals surface area contributed by atoms with E-state index in [1.807, 2.05) is 42.4 Å². The minimum Gasteiger partial charge on any atom is -0.496 e. The second kappa shape index (κ2) is 10.6. The standard InChI is InChI=1S/C31H33N3O3/c1-21-5-6-25(22(2)15-21)28-20-37-30-18-29(36-4)26(17-27(28)30)23(3)16-31(35)34-13-11-33(12-14-34)19-24-7-9-32-10-8-24/h5-10,15-18,20H,11-14,19H2,1-4H3/b23-16+. The van der Waals surface area contributed by atoms with Crippen molar-refractivity contribution < 1.29 is 13.9 Å². The van der Waals surface area contributed by atoms with Crippen LogP contribution in [-0.2, 0) is 11.3 Å². The molecule has 2 aromatic carbocycles. The lowest BCUT2D eigenvalue weighted by Crippen LogP contribution is -2.47. The quantitative estimate of drug-likeness (QED) is 0.313. The van der Waals surface area contributed by atoms with E-state index in [-0.39, 0.29) is 5.91 Å². The molecule has 190 valence electrons. The minimum atomic E-state index is 0.0324. The van der Waals surface area contributed by atoms with E-state index in [4.69, 9.17) is 9.15 Å². The average molecular weight is 496 g/mol. The van der Waals surface area contributed by atoms with Crippen molar-refractivity contribution in [3.8, 4) is 16.9 Å². The van der Waals surface area contributed by atoms with Gasteiger partial charge in [-0.2, -0.15) is 0 Å². The summed E-state index contributed by atoms with van der Waals surface area (Å²) in [6.07, 6.45) is 7.19. The Morgan fingerprint density at radius 1 is 1.03 bits per heavy atom. The fraction of sp³-hybridized carbons (Fsp3) is 0.290. The third kappa shape index (κ3) is 5.30. The van der Waals surface area contributed by atoms with Gasteiger partial charge in [-0.05, 0) is 61.2 Å². The molecule has 1 aliphatic rings. The second-order valence-electron chi connectivity index (χ2n) is 9.80. The summed E-state index contributed by atoms with van der Waals surface area (Å²) in [6, 6.07) is 14.5. The molecule has 0 atom stereocenters. The molecule has 2 aromatic heterocycles. The van der Waals surface area contributed by atoms with E-state index in [0.717, 1.165) is 52.9 Å². The fourth-order valence-electron chi connectivity index (χ4n) is 5.08. The van der Waals surface area contributed by atoms with E-state index in [1.54, 1.807) is 19.4 Å². The Balaban J connectivity index is 1.36. The zero-order chi connectivity index (χ0) is 25.9. The molecule has 0 radical (unpaired) electrons. The number of piperazine rings is 1. The third-order valence-electron chi connectivity index (χ3n) is 7.17. The van der Waals surface area contributed by atoms with Gasteiger partial charge >= 0.3 is 0 Å². The molecule has 1 amide bonds. The highest BCUT2D eigenvalue weighted by atomic mass is 16.5. The van der Waals surface area contributed by atoms with Crippen LogP contribution in [0.5, 0.6) is 5.75 Å². The van der Waals surface area contributed by atoms with Crippen molar-refractivity contribution in [2.24, 2.45) is 0 Å². The van der Waals surface area contributed by atoms with Gasteiger partial charge in [-0.25, -0.2) is 0 Å². The monoisotopic (exact) mass is 495 g/mol. The average Bonchev–Trinajstić information content (AvgIpc) is 3.31. The number of fused-ring (bicyclic) bond motifs is 1. The van der Waals surface area contributed by atoms with Crippen molar-refractivity contribution in [3.63, 3.8) is 0 Å². The number of benzene rings is 2. The van der Waals surface area contributed by atoms with Gasteiger partial charge in [0.05, 0.1) is 13.4 Å². The van der Waals surface area contributed by atoms with Gasteiger partial charge in [0.15, 0.2) is 0 Å². The maximum Gasteiger partial charge on any atom is 0.246 e. The fourth-order valence-corrected chi connectivity index (χ4v) is 5.08. The lowest BCUT2D eigenvalue weighted by atomic mass is 9.96. The largest absolute Gasteiger partial charge is 0.496 e. The zero-order valence-electron chi connectivity index (χ0n) is 22.0. The van der Waals surface area contributed by atoms with Gasteiger partial charge in [0, 0.05) is 73.8 Å². The van der Waals surface area contributed by atoms with Crippen LogP contribution in [-0.4, -0.2) is 54.0 Å². The number of hydrogen-bond donors (Lipinski definition) is 0. The van der Waals surface area contributed by atoms with Gasteiger partial charge in [0.2, 0.25) is 5.91 Å². The number of aryl methyl sites for hydroxylation is 2. The molecule has 0 N–H and O–H groups in total. The summed E-state index contributed by atoms with van der Waals surface area (Å²) in [7, 11) is 1.65. The Bertz CT molecular complexity index is 1450. The highest BCUT2D eigenvalue weighted by Gasteiger charge is 2.21. The normalized spacial score (nSPS) is 14.8. The van der Waals surface area contributed by atoms with E-state index in [0.29, 0.717) is 18.8 Å². The lowest BCUT2D eigenvalue weighted by Gasteiger charge is -2.34. The van der Waals surface area contributed by atoms with Crippen molar-refractivity contribution in [2.45, 2.75) is 27.3 Å². The number of pyridine rings is 1. The highest BCUT2D eigenvalue weighted by molar-refractivity contribution is 6.00. The zero-order valence-corrected chi connectivity index (χ0v) is 22.0. The van der Waals surface area contributed by atoms with Crippen LogP contribution in [0, 0.1) is 13.8 Å². The molecule has 0 saturated carbocycles. The summed E-state index contributed by atoms with van der Waals surface area (Å²) < 4.78 is 11.6. The van der Waals surface area contributed by atoms with Crippen LogP contribution < -0.4 is 4.74 Å². The summed E-state index contributed by atoms with van der Waals surface area (Å²) in [6.45, 7) is 10.2. The molecule has 1 fully saturated rings. The van der Waals surface area contributed by atoms with Gasteiger partial charge in [0.25, 0.3) is 0 Å². The van der Waals surface area contributed by atoms with Crippen LogP contribution in [0.15, 0.2) is 71.6 Å². The molecule has 4 aromatic rings. The molecule has 0 spiro atoms. The van der Waals surface area contributed by atoms with E-state index < -0.39 is 0 Å². The van der Waals surface area contributed by atoms with Gasteiger partial charge in [-0.3, -0.25) is 14.7 Å². The first-order valence-electron chi connectivity index (χ1n) is 12.7. The SMILES string of the molecule is COc1cc2occ(-c3ccc(C)cc3C)c2cc1/C(C)=C/C(=O)N1CCN(Cc2ccncc2)CC1. The van der Waals surface area contributed by atoms with Crippen LogP contribution in [0.4, 0.5) is 0 Å². The molecular weight excluding hydrogens is 462 g/mol. The van der Waals surface area contributed by atoms with Gasteiger partial charge in [-0.1, -0.05) is 23.8 Å². The summed E-state index contributed by atoms with van der Waals surface area (Å²) in [5, 5.41) is 1.01. The molecule has 1 saturated heterocycles. The van der Waals surface area contributed by atoms with Crippen molar-refractivity contribution in [1.29, 1.82) is 0 Å². The first-order chi connectivity index (χ1) is 17.9. The van der Waals surface area contributed by atoms with Crippen LogP contribution in [0.1, 0.15) is 29.2 Å². The summed E-state index contributed by atoms with van der Waals surface area (Å²) in [5.41, 5.74) is 8.39. The number of methoxy groups -OCH3 is 1. The molecule has 6 heteroatoms. The van der Waals surface area contributed by atoms with Crippen LogP contribution in [0.2, 0.25) is 0 Å². The Labute approximate surface area is 218 Å². The molecule has 0 aliphatic carbocycles. The molecule has 0 bridgehead atoms.